The van der Waals surface area contributed by atoms with Crippen molar-refractivity contribution in [1.82, 2.24) is 0 Å². The van der Waals surface area contributed by atoms with E-state index in [0.717, 1.165) is 5.56 Å². The van der Waals surface area contributed by atoms with E-state index >= 15 is 0 Å². The van der Waals surface area contributed by atoms with Crippen molar-refractivity contribution < 1.29 is 4.39 Å². The van der Waals surface area contributed by atoms with Crippen molar-refractivity contribution in [3.05, 3.63) is 29.6 Å². The van der Waals surface area contributed by atoms with Crippen LogP contribution in [-0.2, 0) is 0 Å². The number of hydrogen-bond acceptors (Lipinski definition) is 1. The first-order valence-corrected chi connectivity index (χ1v) is 6.79. The summed E-state index contributed by atoms with van der Waals surface area (Å²) in [7, 11) is 0. The second-order valence-electron chi connectivity index (χ2n) is 5.12. The molecule has 0 bridgehead atoms. The van der Waals surface area contributed by atoms with Crippen LogP contribution < -0.4 is 5.32 Å². The van der Waals surface area contributed by atoms with Crippen LogP contribution in [0, 0.1) is 12.7 Å². The van der Waals surface area contributed by atoms with Gasteiger partial charge in [-0.25, -0.2) is 4.39 Å². The Labute approximate surface area is 103 Å². The molecule has 0 heterocycles. The molecule has 1 fully saturated rings. The smallest absolute Gasteiger partial charge is 0.146 e. The molecule has 0 spiro atoms. The number of benzene rings is 1. The van der Waals surface area contributed by atoms with Crippen molar-refractivity contribution in [3.63, 3.8) is 0 Å². The highest BCUT2D eigenvalue weighted by atomic mass is 19.1. The van der Waals surface area contributed by atoms with Crippen LogP contribution in [-0.4, -0.2) is 6.04 Å². The van der Waals surface area contributed by atoms with E-state index in [1.807, 2.05) is 13.0 Å². The quantitative estimate of drug-likeness (QED) is 0.786. The molecule has 1 aromatic rings. The van der Waals surface area contributed by atoms with Gasteiger partial charge in [0.1, 0.15) is 5.82 Å². The Kier molecular flexibility index (Phi) is 4.41. The molecule has 0 amide bonds. The maximum Gasteiger partial charge on any atom is 0.146 e. The minimum absolute atomic E-state index is 0.118. The van der Waals surface area contributed by atoms with Crippen LogP contribution in [0.4, 0.5) is 10.1 Å². The fraction of sp³-hybridized carbons (Fsp3) is 0.600. The zero-order valence-electron chi connectivity index (χ0n) is 10.6. The van der Waals surface area contributed by atoms with Crippen LogP contribution in [0.2, 0.25) is 0 Å². The molecule has 1 aromatic carbocycles. The first-order valence-electron chi connectivity index (χ1n) is 6.79. The highest BCUT2D eigenvalue weighted by molar-refractivity contribution is 5.52. The molecule has 2 rings (SSSR count). The van der Waals surface area contributed by atoms with Crippen LogP contribution in [0.1, 0.15) is 50.5 Å². The number of anilines is 1. The lowest BCUT2D eigenvalue weighted by Gasteiger charge is -2.23. The average Bonchev–Trinajstić information content (AvgIpc) is 2.26. The van der Waals surface area contributed by atoms with Gasteiger partial charge in [-0.2, -0.15) is 0 Å². The Morgan fingerprint density at radius 2 is 1.71 bits per heavy atom. The van der Waals surface area contributed by atoms with E-state index in [2.05, 4.69) is 5.32 Å². The van der Waals surface area contributed by atoms with Gasteiger partial charge in [-0.15, -0.1) is 0 Å². The summed E-state index contributed by atoms with van der Waals surface area (Å²) in [6.45, 7) is 1.97. The summed E-state index contributed by atoms with van der Waals surface area (Å²) in [6.07, 6.45) is 8.91. The van der Waals surface area contributed by atoms with Gasteiger partial charge in [0, 0.05) is 6.04 Å². The Balaban J connectivity index is 2.03. The van der Waals surface area contributed by atoms with Gasteiger partial charge in [0.15, 0.2) is 0 Å². The summed E-state index contributed by atoms with van der Waals surface area (Å²) in [6, 6.07) is 5.73. The largest absolute Gasteiger partial charge is 0.380 e. The van der Waals surface area contributed by atoms with Gasteiger partial charge >= 0.3 is 0 Å². The predicted molar refractivity (Wildman–Crippen MR) is 70.9 cm³/mol. The minimum atomic E-state index is -0.118. The number of nitrogens with one attached hydrogen (secondary N) is 1. The SMILES string of the molecule is Cc1cccc(F)c1NC1CCCCCCC1. The van der Waals surface area contributed by atoms with E-state index in [0.29, 0.717) is 11.7 Å². The molecule has 1 aliphatic carbocycles. The van der Waals surface area contributed by atoms with Crippen molar-refractivity contribution in [2.75, 3.05) is 5.32 Å². The van der Waals surface area contributed by atoms with Crippen LogP contribution in [0.15, 0.2) is 18.2 Å². The van der Waals surface area contributed by atoms with E-state index in [1.54, 1.807) is 6.07 Å². The molecule has 0 atom stereocenters. The first kappa shape index (κ1) is 12.4. The van der Waals surface area contributed by atoms with Gasteiger partial charge in [0.05, 0.1) is 5.69 Å². The molecule has 2 heteroatoms. The topological polar surface area (TPSA) is 12.0 Å². The fourth-order valence-electron chi connectivity index (χ4n) is 2.62. The molecule has 0 radical (unpaired) electrons. The number of halogens is 1. The molecule has 0 saturated heterocycles. The Bertz CT molecular complexity index is 334. The fourth-order valence-corrected chi connectivity index (χ4v) is 2.62. The molecule has 17 heavy (non-hydrogen) atoms. The van der Waals surface area contributed by atoms with E-state index in [9.17, 15) is 4.39 Å². The molecule has 1 aliphatic rings. The van der Waals surface area contributed by atoms with Crippen LogP contribution >= 0.6 is 0 Å². The number of aryl methyl sites for hydroxylation is 1. The standard InChI is InChI=1S/C15H22FN/c1-12-8-7-11-14(16)15(12)17-13-9-5-3-2-4-6-10-13/h7-8,11,13,17H,2-6,9-10H2,1H3. The Hall–Kier alpha value is -1.05. The lowest BCUT2D eigenvalue weighted by Crippen LogP contribution is -2.21. The third-order valence-electron chi connectivity index (χ3n) is 3.68. The van der Waals surface area contributed by atoms with Gasteiger partial charge < -0.3 is 5.32 Å². The molecular formula is C15H22FN. The molecule has 0 unspecified atom stereocenters. The number of rotatable bonds is 2. The summed E-state index contributed by atoms with van der Waals surface area (Å²) in [4.78, 5) is 0. The molecule has 0 aromatic heterocycles. The lowest BCUT2D eigenvalue weighted by atomic mass is 9.96. The van der Waals surface area contributed by atoms with Crippen molar-refractivity contribution in [2.24, 2.45) is 0 Å². The zero-order valence-corrected chi connectivity index (χ0v) is 10.6. The highest BCUT2D eigenvalue weighted by Crippen LogP contribution is 2.24. The molecule has 1 N–H and O–H groups in total. The lowest BCUT2D eigenvalue weighted by molar-refractivity contribution is 0.469. The normalized spacial score (nSPS) is 18.5. The zero-order chi connectivity index (χ0) is 12.1. The van der Waals surface area contributed by atoms with Crippen LogP contribution in [0.5, 0.6) is 0 Å². The van der Waals surface area contributed by atoms with E-state index < -0.39 is 0 Å². The predicted octanol–water partition coefficient (Wildman–Crippen LogP) is 4.66. The number of para-hydroxylation sites is 1. The third kappa shape index (κ3) is 3.45. The van der Waals surface area contributed by atoms with Gasteiger partial charge in [-0.05, 0) is 31.4 Å². The van der Waals surface area contributed by atoms with Gasteiger partial charge in [0.2, 0.25) is 0 Å². The Morgan fingerprint density at radius 1 is 1.06 bits per heavy atom. The molecule has 1 saturated carbocycles. The van der Waals surface area contributed by atoms with Gasteiger partial charge in [-0.1, -0.05) is 44.2 Å². The molecular weight excluding hydrogens is 213 g/mol. The summed E-state index contributed by atoms with van der Waals surface area (Å²) >= 11 is 0. The highest BCUT2D eigenvalue weighted by Gasteiger charge is 2.14. The summed E-state index contributed by atoms with van der Waals surface area (Å²) in [5, 5.41) is 3.41. The van der Waals surface area contributed by atoms with Crippen LogP contribution in [0.25, 0.3) is 0 Å². The maximum absolute atomic E-state index is 13.7. The molecule has 1 nitrogen and oxygen atoms in total. The molecule has 94 valence electrons. The summed E-state index contributed by atoms with van der Waals surface area (Å²) in [5.41, 5.74) is 1.71. The first-order chi connectivity index (χ1) is 8.27. The van der Waals surface area contributed by atoms with Crippen molar-refractivity contribution in [2.45, 2.75) is 57.9 Å². The van der Waals surface area contributed by atoms with Crippen LogP contribution in [0.3, 0.4) is 0 Å². The molecule has 0 aliphatic heterocycles. The Morgan fingerprint density at radius 3 is 2.35 bits per heavy atom. The second-order valence-corrected chi connectivity index (χ2v) is 5.12. The van der Waals surface area contributed by atoms with E-state index in [4.69, 9.17) is 0 Å². The van der Waals surface area contributed by atoms with E-state index in [1.165, 1.54) is 51.0 Å². The second kappa shape index (κ2) is 6.04. The summed E-state index contributed by atoms with van der Waals surface area (Å²) in [5.74, 6) is -0.118. The maximum atomic E-state index is 13.7. The third-order valence-corrected chi connectivity index (χ3v) is 3.68. The monoisotopic (exact) mass is 235 g/mol. The van der Waals surface area contributed by atoms with Gasteiger partial charge in [-0.3, -0.25) is 0 Å². The van der Waals surface area contributed by atoms with E-state index in [-0.39, 0.29) is 5.82 Å². The van der Waals surface area contributed by atoms with Crippen molar-refractivity contribution >= 4 is 5.69 Å². The van der Waals surface area contributed by atoms with Crippen molar-refractivity contribution in [1.29, 1.82) is 0 Å². The summed E-state index contributed by atoms with van der Waals surface area (Å²) < 4.78 is 13.7. The minimum Gasteiger partial charge on any atom is -0.380 e. The van der Waals surface area contributed by atoms with Gasteiger partial charge in [0.25, 0.3) is 0 Å². The average molecular weight is 235 g/mol. The number of hydrogen-bond donors (Lipinski definition) is 1. The van der Waals surface area contributed by atoms with Crippen molar-refractivity contribution in [3.8, 4) is 0 Å².